The van der Waals surface area contributed by atoms with Crippen LogP contribution in [0.25, 0.3) is 11.1 Å². The van der Waals surface area contributed by atoms with Gasteiger partial charge >= 0.3 is 0 Å². The van der Waals surface area contributed by atoms with Gasteiger partial charge in [0.2, 0.25) is 0 Å². The van der Waals surface area contributed by atoms with Crippen LogP contribution in [0.3, 0.4) is 0 Å². The molecule has 0 bridgehead atoms. The smallest absolute Gasteiger partial charge is 0.181 e. The van der Waals surface area contributed by atoms with Crippen LogP contribution < -0.4 is 5.73 Å². The number of rotatable bonds is 4. The molecule has 2 N–H and O–H groups in total. The summed E-state index contributed by atoms with van der Waals surface area (Å²) in [7, 11) is 2.16. The largest absolute Gasteiger partial charge is 0.443 e. The van der Waals surface area contributed by atoms with E-state index in [0.717, 1.165) is 30.1 Å². The second-order valence-corrected chi connectivity index (χ2v) is 5.45. The molecule has 4 heteroatoms. The molecule has 0 atom stereocenters. The highest BCUT2D eigenvalue weighted by Crippen LogP contribution is 2.26. The van der Waals surface area contributed by atoms with Crippen molar-refractivity contribution in [2.24, 2.45) is 11.7 Å². The number of hydrogen-bond donors (Lipinski definition) is 1. The van der Waals surface area contributed by atoms with Crippen LogP contribution in [0.1, 0.15) is 18.4 Å². The molecule has 0 aliphatic heterocycles. The monoisotopic (exact) mass is 245 g/mol. The highest BCUT2D eigenvalue weighted by molar-refractivity contribution is 5.72. The Labute approximate surface area is 107 Å². The number of fused-ring (bicyclic) bond motifs is 1. The fourth-order valence-corrected chi connectivity index (χ4v) is 2.75. The number of nitrogens with two attached hydrogens (primary N) is 1. The molecule has 0 radical (unpaired) electrons. The number of hydrogen-bond acceptors (Lipinski definition) is 4. The zero-order valence-electron chi connectivity index (χ0n) is 10.7. The van der Waals surface area contributed by atoms with E-state index in [-0.39, 0.29) is 0 Å². The molecular weight excluding hydrogens is 226 g/mol. The second-order valence-electron chi connectivity index (χ2n) is 5.45. The SMILES string of the molecule is CN(Cc1ccc2ncoc2c1)CC1CC(N)C1. The highest BCUT2D eigenvalue weighted by Gasteiger charge is 2.26. The van der Waals surface area contributed by atoms with E-state index in [1.165, 1.54) is 24.8 Å². The van der Waals surface area contributed by atoms with Crippen molar-refractivity contribution in [1.82, 2.24) is 9.88 Å². The predicted molar refractivity (Wildman–Crippen MR) is 71.0 cm³/mol. The molecule has 1 aromatic heterocycles. The van der Waals surface area contributed by atoms with Crippen molar-refractivity contribution in [1.29, 1.82) is 0 Å². The zero-order valence-corrected chi connectivity index (χ0v) is 10.7. The molecular formula is C14H19N3O. The molecule has 1 saturated carbocycles. The van der Waals surface area contributed by atoms with Crippen LogP contribution in [0.5, 0.6) is 0 Å². The Bertz CT molecular complexity index is 531. The fourth-order valence-electron chi connectivity index (χ4n) is 2.75. The van der Waals surface area contributed by atoms with Crippen molar-refractivity contribution in [3.05, 3.63) is 30.2 Å². The number of benzene rings is 1. The van der Waals surface area contributed by atoms with Gasteiger partial charge in [0.25, 0.3) is 0 Å². The van der Waals surface area contributed by atoms with Crippen LogP contribution in [0.4, 0.5) is 0 Å². The van der Waals surface area contributed by atoms with Crippen LogP contribution in [0, 0.1) is 5.92 Å². The lowest BCUT2D eigenvalue weighted by atomic mass is 9.80. The maximum absolute atomic E-state index is 5.81. The lowest BCUT2D eigenvalue weighted by Crippen LogP contribution is -2.41. The Hall–Kier alpha value is -1.39. The molecule has 1 heterocycles. The predicted octanol–water partition coefficient (Wildman–Crippen LogP) is 2.00. The molecule has 1 fully saturated rings. The summed E-state index contributed by atoms with van der Waals surface area (Å²) < 4.78 is 5.32. The molecule has 1 aliphatic rings. The molecule has 0 saturated heterocycles. The maximum atomic E-state index is 5.81. The Morgan fingerprint density at radius 3 is 3.06 bits per heavy atom. The van der Waals surface area contributed by atoms with Gasteiger partial charge in [0.15, 0.2) is 12.0 Å². The van der Waals surface area contributed by atoms with E-state index in [9.17, 15) is 0 Å². The molecule has 4 nitrogen and oxygen atoms in total. The first kappa shape index (κ1) is 11.7. The minimum Gasteiger partial charge on any atom is -0.443 e. The molecule has 3 rings (SSSR count). The lowest BCUT2D eigenvalue weighted by Gasteiger charge is -2.35. The van der Waals surface area contributed by atoms with Gasteiger partial charge in [-0.05, 0) is 43.5 Å². The first-order valence-electron chi connectivity index (χ1n) is 6.47. The maximum Gasteiger partial charge on any atom is 0.181 e. The molecule has 0 amide bonds. The van der Waals surface area contributed by atoms with Crippen molar-refractivity contribution in [2.45, 2.75) is 25.4 Å². The van der Waals surface area contributed by atoms with Crippen molar-refractivity contribution < 1.29 is 4.42 Å². The van der Waals surface area contributed by atoms with Gasteiger partial charge in [-0.3, -0.25) is 0 Å². The normalized spacial score (nSPS) is 23.5. The molecule has 18 heavy (non-hydrogen) atoms. The third-order valence-electron chi connectivity index (χ3n) is 3.69. The van der Waals surface area contributed by atoms with Crippen molar-refractivity contribution in [3.8, 4) is 0 Å². The summed E-state index contributed by atoms with van der Waals surface area (Å²) >= 11 is 0. The van der Waals surface area contributed by atoms with Gasteiger partial charge in [-0.2, -0.15) is 0 Å². The van der Waals surface area contributed by atoms with Crippen LogP contribution >= 0.6 is 0 Å². The van der Waals surface area contributed by atoms with Crippen molar-refractivity contribution in [3.63, 3.8) is 0 Å². The van der Waals surface area contributed by atoms with E-state index >= 15 is 0 Å². The van der Waals surface area contributed by atoms with E-state index < -0.39 is 0 Å². The quantitative estimate of drug-likeness (QED) is 0.895. The van der Waals surface area contributed by atoms with Gasteiger partial charge in [-0.1, -0.05) is 6.07 Å². The highest BCUT2D eigenvalue weighted by atomic mass is 16.3. The topological polar surface area (TPSA) is 55.3 Å². The van der Waals surface area contributed by atoms with E-state index in [1.54, 1.807) is 0 Å². The van der Waals surface area contributed by atoms with Gasteiger partial charge < -0.3 is 15.1 Å². The molecule has 2 aromatic rings. The Morgan fingerprint density at radius 2 is 2.28 bits per heavy atom. The van der Waals surface area contributed by atoms with Crippen molar-refractivity contribution >= 4 is 11.1 Å². The third-order valence-corrected chi connectivity index (χ3v) is 3.69. The Morgan fingerprint density at radius 1 is 1.44 bits per heavy atom. The van der Waals surface area contributed by atoms with E-state index in [0.29, 0.717) is 6.04 Å². The summed E-state index contributed by atoms with van der Waals surface area (Å²) in [6.45, 7) is 2.07. The number of nitrogens with zero attached hydrogens (tertiary/aromatic N) is 2. The Balaban J connectivity index is 1.60. The number of oxazole rings is 1. The van der Waals surface area contributed by atoms with Gasteiger partial charge in [-0.15, -0.1) is 0 Å². The van der Waals surface area contributed by atoms with Crippen LogP contribution in [-0.2, 0) is 6.54 Å². The minimum atomic E-state index is 0.439. The second kappa shape index (κ2) is 4.71. The summed E-state index contributed by atoms with van der Waals surface area (Å²) in [5, 5.41) is 0. The van der Waals surface area contributed by atoms with Crippen LogP contribution in [0.2, 0.25) is 0 Å². The molecule has 1 aliphatic carbocycles. The van der Waals surface area contributed by atoms with Gasteiger partial charge in [0, 0.05) is 19.1 Å². The average Bonchev–Trinajstić information content (AvgIpc) is 2.74. The van der Waals surface area contributed by atoms with E-state index in [4.69, 9.17) is 10.2 Å². The average molecular weight is 245 g/mol. The standard InChI is InChI=1S/C14H19N3O/c1-17(8-11-4-12(15)5-11)7-10-2-3-13-14(6-10)18-9-16-13/h2-3,6,9,11-12H,4-5,7-8,15H2,1H3. The minimum absolute atomic E-state index is 0.439. The summed E-state index contributed by atoms with van der Waals surface area (Å²) in [4.78, 5) is 6.48. The van der Waals surface area contributed by atoms with Gasteiger partial charge in [0.1, 0.15) is 5.52 Å². The van der Waals surface area contributed by atoms with Crippen LogP contribution in [0.15, 0.2) is 29.0 Å². The molecule has 1 aromatic carbocycles. The van der Waals surface area contributed by atoms with Gasteiger partial charge in [-0.25, -0.2) is 4.98 Å². The lowest BCUT2D eigenvalue weighted by molar-refractivity contribution is 0.178. The van der Waals surface area contributed by atoms with Crippen LogP contribution in [-0.4, -0.2) is 29.5 Å². The third kappa shape index (κ3) is 2.40. The van der Waals surface area contributed by atoms with E-state index in [1.807, 2.05) is 6.07 Å². The summed E-state index contributed by atoms with van der Waals surface area (Å²) in [6.07, 6.45) is 3.84. The number of aromatic nitrogens is 1. The van der Waals surface area contributed by atoms with Gasteiger partial charge in [0.05, 0.1) is 0 Å². The Kier molecular flexibility index (Phi) is 3.06. The molecule has 96 valence electrons. The summed E-state index contributed by atoms with van der Waals surface area (Å²) in [5.74, 6) is 0.777. The first-order valence-corrected chi connectivity index (χ1v) is 6.47. The summed E-state index contributed by atoms with van der Waals surface area (Å²) in [6, 6.07) is 6.65. The fraction of sp³-hybridized carbons (Fsp3) is 0.500. The first-order chi connectivity index (χ1) is 8.70. The zero-order chi connectivity index (χ0) is 12.5. The van der Waals surface area contributed by atoms with Crippen molar-refractivity contribution in [2.75, 3.05) is 13.6 Å². The molecule has 0 unspecified atom stereocenters. The summed E-state index contributed by atoms with van der Waals surface area (Å²) in [5.41, 5.74) is 8.87. The molecule has 0 spiro atoms. The van der Waals surface area contributed by atoms with E-state index in [2.05, 4.69) is 29.1 Å².